The minimum Gasteiger partial charge on any atom is -0.360 e. The number of nitrogens with one attached hydrogen (secondary N) is 2. The lowest BCUT2D eigenvalue weighted by Gasteiger charge is -2.13. The van der Waals surface area contributed by atoms with E-state index >= 15 is 0 Å². The zero-order valence-corrected chi connectivity index (χ0v) is 15.7. The topological polar surface area (TPSA) is 84.2 Å². The summed E-state index contributed by atoms with van der Waals surface area (Å²) in [4.78, 5) is 24.8. The van der Waals surface area contributed by atoms with Crippen LogP contribution < -0.4 is 10.6 Å². The number of anilines is 2. The van der Waals surface area contributed by atoms with E-state index in [1.165, 1.54) is 0 Å². The van der Waals surface area contributed by atoms with Crippen LogP contribution in [0.1, 0.15) is 43.2 Å². The van der Waals surface area contributed by atoms with Crippen LogP contribution in [0.5, 0.6) is 0 Å². The van der Waals surface area contributed by atoms with Crippen LogP contribution in [-0.2, 0) is 0 Å². The highest BCUT2D eigenvalue weighted by Gasteiger charge is 2.13. The summed E-state index contributed by atoms with van der Waals surface area (Å²) in [5, 5.41) is 9.32. The van der Waals surface area contributed by atoms with Gasteiger partial charge in [0.25, 0.3) is 11.8 Å². The second kappa shape index (κ2) is 7.45. The number of nitrogens with zero attached hydrogens (tertiary/aromatic N) is 1. The molecule has 138 valence electrons. The van der Waals surface area contributed by atoms with Gasteiger partial charge in [-0.3, -0.25) is 9.59 Å². The Hall–Kier alpha value is -3.41. The molecule has 27 heavy (non-hydrogen) atoms. The molecular weight excluding hydrogens is 342 g/mol. The molecule has 2 aromatic carbocycles. The number of carbonyl (C=O) groups is 2. The highest BCUT2D eigenvalue weighted by atomic mass is 16.5. The van der Waals surface area contributed by atoms with Gasteiger partial charge in [-0.1, -0.05) is 22.9 Å². The minimum absolute atomic E-state index is 0.218. The molecule has 3 aromatic rings. The van der Waals surface area contributed by atoms with E-state index in [1.54, 1.807) is 37.3 Å². The number of amides is 2. The second-order valence-electron chi connectivity index (χ2n) is 6.58. The van der Waals surface area contributed by atoms with Gasteiger partial charge < -0.3 is 15.2 Å². The van der Waals surface area contributed by atoms with E-state index in [4.69, 9.17) is 4.52 Å². The maximum Gasteiger partial charge on any atom is 0.256 e. The number of aryl methyl sites for hydroxylation is 4. The third-order valence-corrected chi connectivity index (χ3v) is 4.19. The van der Waals surface area contributed by atoms with Gasteiger partial charge in [-0.2, -0.15) is 0 Å². The molecule has 0 aliphatic rings. The van der Waals surface area contributed by atoms with E-state index in [9.17, 15) is 9.59 Å². The fourth-order valence-electron chi connectivity index (χ4n) is 2.95. The molecule has 3 rings (SSSR count). The molecule has 0 radical (unpaired) electrons. The molecule has 1 heterocycles. The van der Waals surface area contributed by atoms with E-state index < -0.39 is 0 Å². The quantitative estimate of drug-likeness (QED) is 0.719. The predicted molar refractivity (Wildman–Crippen MR) is 104 cm³/mol. The van der Waals surface area contributed by atoms with Crippen LogP contribution in [0, 0.1) is 27.7 Å². The molecule has 1 aromatic heterocycles. The van der Waals surface area contributed by atoms with E-state index in [-0.39, 0.29) is 11.8 Å². The Bertz CT molecular complexity index is 981. The van der Waals surface area contributed by atoms with Crippen LogP contribution in [0.25, 0.3) is 0 Å². The molecule has 0 saturated heterocycles. The summed E-state index contributed by atoms with van der Waals surface area (Å²) in [5.41, 5.74) is 4.90. The first-order valence-corrected chi connectivity index (χ1v) is 8.57. The summed E-state index contributed by atoms with van der Waals surface area (Å²) in [6.07, 6.45) is 0. The Balaban J connectivity index is 1.71. The lowest BCUT2D eigenvalue weighted by Crippen LogP contribution is -2.15. The largest absolute Gasteiger partial charge is 0.360 e. The average Bonchev–Trinajstić information content (AvgIpc) is 3.02. The van der Waals surface area contributed by atoms with Crippen molar-refractivity contribution in [3.63, 3.8) is 0 Å². The molecule has 0 atom stereocenters. The van der Waals surface area contributed by atoms with Gasteiger partial charge in [0.15, 0.2) is 5.82 Å². The first kappa shape index (κ1) is 18.4. The van der Waals surface area contributed by atoms with E-state index in [1.807, 2.05) is 32.9 Å². The normalized spacial score (nSPS) is 10.5. The Kier molecular flexibility index (Phi) is 5.07. The van der Waals surface area contributed by atoms with Crippen LogP contribution >= 0.6 is 0 Å². The van der Waals surface area contributed by atoms with Gasteiger partial charge >= 0.3 is 0 Å². The summed E-state index contributed by atoms with van der Waals surface area (Å²) in [6.45, 7) is 7.70. The summed E-state index contributed by atoms with van der Waals surface area (Å²) in [7, 11) is 0. The van der Waals surface area contributed by atoms with Crippen molar-refractivity contribution in [2.24, 2.45) is 0 Å². The molecule has 0 fully saturated rings. The van der Waals surface area contributed by atoms with Crippen LogP contribution in [0.15, 0.2) is 47.0 Å². The molecular formula is C21H21N3O3. The van der Waals surface area contributed by atoms with Gasteiger partial charge in [0.05, 0.1) is 0 Å². The van der Waals surface area contributed by atoms with Crippen LogP contribution in [0.3, 0.4) is 0 Å². The van der Waals surface area contributed by atoms with E-state index in [0.29, 0.717) is 22.7 Å². The molecule has 6 nitrogen and oxygen atoms in total. The molecule has 0 aliphatic heterocycles. The van der Waals surface area contributed by atoms with Crippen molar-refractivity contribution in [2.75, 3.05) is 10.6 Å². The van der Waals surface area contributed by atoms with E-state index in [2.05, 4.69) is 15.8 Å². The van der Waals surface area contributed by atoms with Crippen LogP contribution in [0.2, 0.25) is 0 Å². The van der Waals surface area contributed by atoms with Crippen LogP contribution in [-0.4, -0.2) is 17.0 Å². The maximum atomic E-state index is 12.5. The lowest BCUT2D eigenvalue weighted by molar-refractivity contribution is 0.101. The number of hydrogen-bond acceptors (Lipinski definition) is 4. The van der Waals surface area contributed by atoms with Crippen molar-refractivity contribution in [3.8, 4) is 0 Å². The Morgan fingerprint density at radius 1 is 0.815 bits per heavy atom. The fourth-order valence-corrected chi connectivity index (χ4v) is 2.95. The monoisotopic (exact) mass is 363 g/mol. The fraction of sp³-hybridized carbons (Fsp3) is 0.190. The number of carbonyl (C=O) groups excluding carboxylic acids is 2. The second-order valence-corrected chi connectivity index (χ2v) is 6.58. The van der Waals surface area contributed by atoms with Crippen molar-refractivity contribution in [1.29, 1.82) is 0 Å². The highest BCUT2D eigenvalue weighted by molar-refractivity contribution is 6.07. The Morgan fingerprint density at radius 3 is 1.81 bits per heavy atom. The smallest absolute Gasteiger partial charge is 0.256 e. The molecule has 6 heteroatoms. The van der Waals surface area contributed by atoms with Gasteiger partial charge in [0, 0.05) is 22.9 Å². The molecule has 0 bridgehead atoms. The lowest BCUT2D eigenvalue weighted by atomic mass is 10.0. The van der Waals surface area contributed by atoms with Crippen molar-refractivity contribution >= 4 is 23.3 Å². The third-order valence-electron chi connectivity index (χ3n) is 4.19. The number of hydrogen-bond donors (Lipinski definition) is 2. The third kappa shape index (κ3) is 4.23. The first-order valence-electron chi connectivity index (χ1n) is 8.57. The van der Waals surface area contributed by atoms with Crippen LogP contribution in [0.4, 0.5) is 11.5 Å². The van der Waals surface area contributed by atoms with Gasteiger partial charge in [-0.05, 0) is 63.1 Å². The minimum atomic E-state index is -0.319. The van der Waals surface area contributed by atoms with Gasteiger partial charge in [-0.25, -0.2) is 0 Å². The molecule has 2 N–H and O–H groups in total. The van der Waals surface area contributed by atoms with Crippen molar-refractivity contribution in [1.82, 2.24) is 5.16 Å². The number of rotatable bonds is 4. The Labute approximate surface area is 157 Å². The average molecular weight is 363 g/mol. The molecule has 0 aliphatic carbocycles. The molecule has 0 spiro atoms. The SMILES string of the molecule is Cc1cc(C)c(NC(=O)c2ccc(C(=O)Nc3cc(C)on3)cc2)c(C)c1. The summed E-state index contributed by atoms with van der Waals surface area (Å²) < 4.78 is 4.92. The molecule has 2 amide bonds. The summed E-state index contributed by atoms with van der Waals surface area (Å²) in [5.74, 6) is 0.424. The molecule has 0 unspecified atom stereocenters. The molecule has 0 saturated carbocycles. The van der Waals surface area contributed by atoms with Gasteiger partial charge in [0.1, 0.15) is 5.76 Å². The first-order chi connectivity index (χ1) is 12.8. The van der Waals surface area contributed by atoms with E-state index in [0.717, 1.165) is 22.4 Å². The predicted octanol–water partition coefficient (Wildman–Crippen LogP) is 4.41. The van der Waals surface area contributed by atoms with Crippen molar-refractivity contribution in [3.05, 3.63) is 76.0 Å². The number of benzene rings is 2. The van der Waals surface area contributed by atoms with Crippen molar-refractivity contribution < 1.29 is 14.1 Å². The summed E-state index contributed by atoms with van der Waals surface area (Å²) in [6, 6.07) is 12.1. The zero-order valence-electron chi connectivity index (χ0n) is 15.7. The Morgan fingerprint density at radius 2 is 1.33 bits per heavy atom. The highest BCUT2D eigenvalue weighted by Crippen LogP contribution is 2.22. The maximum absolute atomic E-state index is 12.5. The number of aromatic nitrogens is 1. The van der Waals surface area contributed by atoms with Crippen molar-refractivity contribution in [2.45, 2.75) is 27.7 Å². The zero-order chi connectivity index (χ0) is 19.6. The van der Waals surface area contributed by atoms with Gasteiger partial charge in [0.2, 0.25) is 0 Å². The van der Waals surface area contributed by atoms with Gasteiger partial charge in [-0.15, -0.1) is 0 Å². The summed E-state index contributed by atoms with van der Waals surface area (Å²) >= 11 is 0. The standard InChI is InChI=1S/C21H21N3O3/c1-12-9-13(2)19(14(3)10-12)23-21(26)17-7-5-16(6-8-17)20(25)22-18-11-15(4)27-24-18/h5-11H,1-4H3,(H,23,26)(H,22,24,25).